The Bertz CT molecular complexity index is 676. The van der Waals surface area contributed by atoms with Gasteiger partial charge in [-0.1, -0.05) is 6.92 Å². The number of benzene rings is 1. The van der Waals surface area contributed by atoms with Crippen molar-refractivity contribution in [1.82, 2.24) is 15.6 Å². The van der Waals surface area contributed by atoms with Crippen LogP contribution in [-0.4, -0.2) is 17.5 Å². The van der Waals surface area contributed by atoms with Crippen molar-refractivity contribution in [1.29, 1.82) is 0 Å². The van der Waals surface area contributed by atoms with E-state index in [1.165, 1.54) is 0 Å². The minimum Gasteiger partial charge on any atom is -0.357 e. The van der Waals surface area contributed by atoms with E-state index in [0.29, 0.717) is 19.0 Å². The number of halogens is 3. The second kappa shape index (κ2) is 10.5. The SMILES string of the molecule is CCNC(=NCc1cc(F)ccc1F)NCc1csc(CC)n1.I. The van der Waals surface area contributed by atoms with Crippen molar-refractivity contribution in [2.75, 3.05) is 6.54 Å². The molecule has 132 valence electrons. The molecule has 0 saturated heterocycles. The van der Waals surface area contributed by atoms with E-state index in [9.17, 15) is 8.78 Å². The molecule has 0 bridgehead atoms. The number of thiazole rings is 1. The normalized spacial score (nSPS) is 11.1. The van der Waals surface area contributed by atoms with Crippen LogP contribution in [0, 0.1) is 11.6 Å². The fourth-order valence-electron chi connectivity index (χ4n) is 1.94. The Hall–Kier alpha value is -1.29. The molecule has 0 aliphatic carbocycles. The van der Waals surface area contributed by atoms with Crippen molar-refractivity contribution in [2.24, 2.45) is 4.99 Å². The van der Waals surface area contributed by atoms with E-state index in [-0.39, 0.29) is 36.1 Å². The van der Waals surface area contributed by atoms with Crippen LogP contribution in [0.1, 0.15) is 30.1 Å². The zero-order valence-corrected chi connectivity index (χ0v) is 16.8. The molecule has 0 aliphatic rings. The van der Waals surface area contributed by atoms with Crippen LogP contribution in [0.2, 0.25) is 0 Å². The largest absolute Gasteiger partial charge is 0.357 e. The summed E-state index contributed by atoms with van der Waals surface area (Å²) >= 11 is 1.63. The first-order chi connectivity index (χ1) is 11.1. The molecule has 4 nitrogen and oxygen atoms in total. The van der Waals surface area contributed by atoms with E-state index >= 15 is 0 Å². The molecule has 0 aliphatic heterocycles. The molecule has 0 fully saturated rings. The van der Waals surface area contributed by atoms with Gasteiger partial charge in [0.05, 0.1) is 23.8 Å². The minimum atomic E-state index is -0.468. The average Bonchev–Trinajstić information content (AvgIpc) is 3.01. The summed E-state index contributed by atoms with van der Waals surface area (Å²) in [6.45, 7) is 5.28. The number of hydrogen-bond donors (Lipinski definition) is 2. The van der Waals surface area contributed by atoms with Crippen LogP contribution in [0.3, 0.4) is 0 Å². The molecule has 2 N–H and O–H groups in total. The van der Waals surface area contributed by atoms with E-state index < -0.39 is 11.6 Å². The zero-order valence-electron chi connectivity index (χ0n) is 13.6. The summed E-state index contributed by atoms with van der Waals surface area (Å²) < 4.78 is 26.8. The number of nitrogens with zero attached hydrogens (tertiary/aromatic N) is 2. The summed E-state index contributed by atoms with van der Waals surface area (Å²) in [5.74, 6) is -0.385. The predicted molar refractivity (Wildman–Crippen MR) is 105 cm³/mol. The average molecular weight is 466 g/mol. The third-order valence-electron chi connectivity index (χ3n) is 3.10. The highest BCUT2D eigenvalue weighted by Gasteiger charge is 2.05. The van der Waals surface area contributed by atoms with Crippen molar-refractivity contribution in [3.63, 3.8) is 0 Å². The highest BCUT2D eigenvalue weighted by atomic mass is 127. The van der Waals surface area contributed by atoms with Gasteiger partial charge in [0.25, 0.3) is 0 Å². The lowest BCUT2D eigenvalue weighted by Gasteiger charge is -2.10. The van der Waals surface area contributed by atoms with Crippen molar-refractivity contribution in [3.8, 4) is 0 Å². The summed E-state index contributed by atoms with van der Waals surface area (Å²) in [5, 5.41) is 9.31. The summed E-state index contributed by atoms with van der Waals surface area (Å²) in [4.78, 5) is 8.76. The monoisotopic (exact) mass is 466 g/mol. The summed E-state index contributed by atoms with van der Waals surface area (Å²) in [6, 6.07) is 3.37. The summed E-state index contributed by atoms with van der Waals surface area (Å²) in [5.41, 5.74) is 1.17. The lowest BCUT2D eigenvalue weighted by Crippen LogP contribution is -2.36. The van der Waals surface area contributed by atoms with Crippen LogP contribution in [0.25, 0.3) is 0 Å². The molecule has 2 rings (SSSR count). The lowest BCUT2D eigenvalue weighted by atomic mass is 10.2. The van der Waals surface area contributed by atoms with E-state index in [1.54, 1.807) is 11.3 Å². The van der Waals surface area contributed by atoms with Gasteiger partial charge >= 0.3 is 0 Å². The number of rotatable bonds is 6. The molecule has 24 heavy (non-hydrogen) atoms. The van der Waals surface area contributed by atoms with Crippen LogP contribution in [-0.2, 0) is 19.5 Å². The van der Waals surface area contributed by atoms with E-state index in [1.807, 2.05) is 12.3 Å². The van der Waals surface area contributed by atoms with Crippen molar-refractivity contribution in [3.05, 3.63) is 51.5 Å². The first kappa shape index (κ1) is 20.8. The number of nitrogens with one attached hydrogen (secondary N) is 2. The molecular formula is C16H21F2IN4S. The maximum absolute atomic E-state index is 13.6. The first-order valence-corrected chi connectivity index (χ1v) is 8.39. The quantitative estimate of drug-likeness (QED) is 0.386. The fraction of sp³-hybridized carbons (Fsp3) is 0.375. The Morgan fingerprint density at radius 2 is 2.04 bits per heavy atom. The van der Waals surface area contributed by atoms with Gasteiger partial charge in [-0.15, -0.1) is 35.3 Å². The van der Waals surface area contributed by atoms with Gasteiger partial charge < -0.3 is 10.6 Å². The molecule has 1 heterocycles. The Kier molecular flexibility index (Phi) is 9.12. The number of guanidine groups is 1. The van der Waals surface area contributed by atoms with Crippen LogP contribution in [0.4, 0.5) is 8.78 Å². The van der Waals surface area contributed by atoms with Gasteiger partial charge in [-0.05, 0) is 31.5 Å². The Morgan fingerprint density at radius 1 is 1.25 bits per heavy atom. The zero-order chi connectivity index (χ0) is 16.7. The van der Waals surface area contributed by atoms with Crippen molar-refractivity contribution >= 4 is 41.3 Å². The predicted octanol–water partition coefficient (Wildman–Crippen LogP) is 3.86. The number of hydrogen-bond acceptors (Lipinski definition) is 3. The summed E-state index contributed by atoms with van der Waals surface area (Å²) in [7, 11) is 0. The molecule has 1 aromatic heterocycles. The summed E-state index contributed by atoms with van der Waals surface area (Å²) in [6.07, 6.45) is 0.914. The molecule has 2 aromatic rings. The number of aryl methyl sites for hydroxylation is 1. The third-order valence-corrected chi connectivity index (χ3v) is 4.14. The van der Waals surface area contributed by atoms with Crippen LogP contribution in [0.15, 0.2) is 28.6 Å². The highest BCUT2D eigenvalue weighted by molar-refractivity contribution is 14.0. The standard InChI is InChI=1S/C16H20F2N4S.HI/c1-3-15-22-13(10-23-15)9-21-16(19-4-2)20-8-11-7-12(17)5-6-14(11)18;/h5-7,10H,3-4,8-9H2,1-2H3,(H2,19,20,21);1H. The molecule has 8 heteroatoms. The number of aliphatic imine (C=N–C) groups is 1. The fourth-order valence-corrected chi connectivity index (χ4v) is 2.68. The molecular weight excluding hydrogens is 445 g/mol. The van der Waals surface area contributed by atoms with E-state index in [0.717, 1.165) is 35.3 Å². The highest BCUT2D eigenvalue weighted by Crippen LogP contribution is 2.11. The molecule has 1 aromatic carbocycles. The van der Waals surface area contributed by atoms with Gasteiger partial charge in [0.1, 0.15) is 11.6 Å². The van der Waals surface area contributed by atoms with Crippen LogP contribution in [0.5, 0.6) is 0 Å². The molecule has 0 unspecified atom stereocenters. The van der Waals surface area contributed by atoms with Gasteiger partial charge in [0.15, 0.2) is 5.96 Å². The Morgan fingerprint density at radius 3 is 2.71 bits per heavy atom. The molecule has 0 amide bonds. The van der Waals surface area contributed by atoms with Crippen molar-refractivity contribution in [2.45, 2.75) is 33.4 Å². The molecule has 0 spiro atoms. The van der Waals surface area contributed by atoms with Gasteiger partial charge in [0, 0.05) is 17.5 Å². The van der Waals surface area contributed by atoms with Crippen LogP contribution < -0.4 is 10.6 Å². The van der Waals surface area contributed by atoms with E-state index in [2.05, 4.69) is 27.5 Å². The van der Waals surface area contributed by atoms with Gasteiger partial charge in [-0.25, -0.2) is 18.8 Å². The second-order valence-corrected chi connectivity index (χ2v) is 5.81. The third kappa shape index (κ3) is 6.31. The second-order valence-electron chi connectivity index (χ2n) is 4.87. The van der Waals surface area contributed by atoms with Crippen LogP contribution >= 0.6 is 35.3 Å². The Labute approximate surface area is 161 Å². The van der Waals surface area contributed by atoms with Gasteiger partial charge in [-0.2, -0.15) is 0 Å². The Balaban J connectivity index is 0.00000288. The maximum atomic E-state index is 13.6. The molecule has 0 saturated carbocycles. The first-order valence-electron chi connectivity index (χ1n) is 7.51. The number of aromatic nitrogens is 1. The maximum Gasteiger partial charge on any atom is 0.191 e. The minimum absolute atomic E-state index is 0. The topological polar surface area (TPSA) is 49.3 Å². The van der Waals surface area contributed by atoms with Gasteiger partial charge in [-0.3, -0.25) is 0 Å². The smallest absolute Gasteiger partial charge is 0.191 e. The van der Waals surface area contributed by atoms with Gasteiger partial charge in [0.2, 0.25) is 0 Å². The lowest BCUT2D eigenvalue weighted by molar-refractivity contribution is 0.585. The molecule has 0 radical (unpaired) electrons. The van der Waals surface area contributed by atoms with Crippen molar-refractivity contribution < 1.29 is 8.78 Å². The molecule has 0 atom stereocenters. The van der Waals surface area contributed by atoms with E-state index in [4.69, 9.17) is 0 Å².